The fraction of sp³-hybridized carbons (Fsp3) is 0.692. The van der Waals surface area contributed by atoms with Gasteiger partial charge >= 0.3 is 0 Å². The number of hydrogen-bond donors (Lipinski definition) is 2. The predicted molar refractivity (Wildman–Crippen MR) is 73.3 cm³/mol. The van der Waals surface area contributed by atoms with Gasteiger partial charge in [-0.05, 0) is 32.9 Å². The summed E-state index contributed by atoms with van der Waals surface area (Å²) in [6, 6.07) is 0.472. The maximum absolute atomic E-state index is 12.1. The van der Waals surface area contributed by atoms with E-state index in [0.717, 1.165) is 38.4 Å². The first kappa shape index (κ1) is 12.5. The lowest BCUT2D eigenvalue weighted by Crippen LogP contribution is -2.38. The van der Waals surface area contributed by atoms with Gasteiger partial charge in [0.2, 0.25) is 5.95 Å². The lowest BCUT2D eigenvalue weighted by atomic mass is 10.2. The number of anilines is 1. The Bertz CT molecular complexity index is 446. The van der Waals surface area contributed by atoms with Crippen molar-refractivity contribution >= 4 is 11.9 Å². The molecule has 0 bridgehead atoms. The van der Waals surface area contributed by atoms with Crippen LogP contribution in [0.1, 0.15) is 29.8 Å². The van der Waals surface area contributed by atoms with Gasteiger partial charge < -0.3 is 20.1 Å². The molecule has 1 aromatic rings. The number of amides is 1. The van der Waals surface area contributed by atoms with Crippen LogP contribution in [0.3, 0.4) is 0 Å². The number of carbonyl (C=O) groups excluding carboxylic acids is 1. The van der Waals surface area contributed by atoms with Crippen LogP contribution in [0, 0.1) is 0 Å². The molecule has 1 saturated heterocycles. The van der Waals surface area contributed by atoms with E-state index >= 15 is 0 Å². The molecule has 6 heteroatoms. The predicted octanol–water partition coefficient (Wildman–Crippen LogP) is 0.523. The number of hydrogen-bond acceptors (Lipinski definition) is 4. The normalized spacial score (nSPS) is 22.9. The summed E-state index contributed by atoms with van der Waals surface area (Å²) < 4.78 is 2.01. The third kappa shape index (κ3) is 2.58. The molecule has 1 fully saturated rings. The largest absolute Gasteiger partial charge is 0.356 e. The third-order valence-corrected chi connectivity index (χ3v) is 4.04. The first-order valence-corrected chi connectivity index (χ1v) is 7.03. The first-order valence-electron chi connectivity index (χ1n) is 7.03. The molecule has 0 saturated carbocycles. The summed E-state index contributed by atoms with van der Waals surface area (Å²) in [5.74, 6) is 0.749. The molecule has 1 unspecified atom stereocenters. The number of imidazole rings is 1. The van der Waals surface area contributed by atoms with Crippen molar-refractivity contribution in [3.8, 4) is 0 Å². The second kappa shape index (κ2) is 5.21. The molecular weight excluding hydrogens is 242 g/mol. The highest BCUT2D eigenvalue weighted by Gasteiger charge is 2.22. The van der Waals surface area contributed by atoms with Crippen LogP contribution in [0.25, 0.3) is 0 Å². The van der Waals surface area contributed by atoms with Crippen molar-refractivity contribution in [1.82, 2.24) is 19.8 Å². The number of fused-ring (bicyclic) bond motifs is 1. The molecule has 19 heavy (non-hydrogen) atoms. The topological polar surface area (TPSA) is 62.2 Å². The molecule has 6 nitrogen and oxygen atoms in total. The quantitative estimate of drug-likeness (QED) is 0.835. The number of nitrogens with one attached hydrogen (secondary N) is 2. The van der Waals surface area contributed by atoms with Crippen LogP contribution in [0.4, 0.5) is 5.95 Å². The van der Waals surface area contributed by atoms with E-state index in [1.54, 1.807) is 0 Å². The number of aromatic nitrogens is 2. The minimum Gasteiger partial charge on any atom is -0.356 e. The van der Waals surface area contributed by atoms with Crippen LogP contribution < -0.4 is 10.6 Å². The molecule has 2 N–H and O–H groups in total. The Morgan fingerprint density at radius 2 is 2.42 bits per heavy atom. The molecule has 0 radical (unpaired) electrons. The van der Waals surface area contributed by atoms with E-state index in [0.29, 0.717) is 18.3 Å². The summed E-state index contributed by atoms with van der Waals surface area (Å²) in [6.07, 6.45) is 5.31. The van der Waals surface area contributed by atoms with Crippen LogP contribution >= 0.6 is 0 Å². The van der Waals surface area contributed by atoms with Crippen molar-refractivity contribution in [3.05, 3.63) is 11.9 Å². The van der Waals surface area contributed by atoms with E-state index in [1.165, 1.54) is 6.42 Å². The third-order valence-electron chi connectivity index (χ3n) is 4.04. The smallest absolute Gasteiger partial charge is 0.271 e. The Morgan fingerprint density at radius 1 is 1.53 bits per heavy atom. The van der Waals surface area contributed by atoms with Crippen molar-refractivity contribution in [2.24, 2.45) is 0 Å². The average Bonchev–Trinajstić information content (AvgIpc) is 3.01. The van der Waals surface area contributed by atoms with Crippen molar-refractivity contribution in [2.45, 2.75) is 31.8 Å². The average molecular weight is 263 g/mol. The summed E-state index contributed by atoms with van der Waals surface area (Å²) in [6.45, 7) is 3.72. The zero-order chi connectivity index (χ0) is 13.2. The summed E-state index contributed by atoms with van der Waals surface area (Å²) in [7, 11) is 2.11. The number of aryl methyl sites for hydroxylation is 1. The molecule has 0 spiro atoms. The Kier molecular flexibility index (Phi) is 3.42. The fourth-order valence-electron chi connectivity index (χ4n) is 2.82. The van der Waals surface area contributed by atoms with Crippen molar-refractivity contribution in [3.63, 3.8) is 0 Å². The van der Waals surface area contributed by atoms with E-state index in [9.17, 15) is 4.79 Å². The van der Waals surface area contributed by atoms with Gasteiger partial charge in [-0.3, -0.25) is 4.79 Å². The van der Waals surface area contributed by atoms with Gasteiger partial charge in [-0.15, -0.1) is 0 Å². The Labute approximate surface area is 113 Å². The maximum atomic E-state index is 12.1. The minimum atomic E-state index is -0.0657. The first-order chi connectivity index (χ1) is 9.24. The molecular formula is C13H21N5O. The molecule has 2 aliphatic rings. The Balaban J connectivity index is 1.59. The number of nitrogens with zero attached hydrogens (tertiary/aromatic N) is 3. The SMILES string of the molecule is CN1CCCC1CNC(=O)c1cn2c(n1)NCCC2. The zero-order valence-corrected chi connectivity index (χ0v) is 11.4. The van der Waals surface area contributed by atoms with E-state index in [4.69, 9.17) is 0 Å². The van der Waals surface area contributed by atoms with Crippen molar-refractivity contribution < 1.29 is 4.79 Å². The van der Waals surface area contributed by atoms with E-state index in [1.807, 2.05) is 10.8 Å². The highest BCUT2D eigenvalue weighted by Crippen LogP contribution is 2.15. The van der Waals surface area contributed by atoms with Crippen LogP contribution in [-0.2, 0) is 6.54 Å². The van der Waals surface area contributed by atoms with Crippen LogP contribution in [0.5, 0.6) is 0 Å². The minimum absolute atomic E-state index is 0.0657. The Hall–Kier alpha value is -1.56. The van der Waals surface area contributed by atoms with E-state index < -0.39 is 0 Å². The van der Waals surface area contributed by atoms with Gasteiger partial charge in [-0.1, -0.05) is 0 Å². The van der Waals surface area contributed by atoms with Gasteiger partial charge in [0.15, 0.2) is 0 Å². The van der Waals surface area contributed by atoms with E-state index in [-0.39, 0.29) is 5.91 Å². The zero-order valence-electron chi connectivity index (χ0n) is 11.4. The molecule has 1 amide bonds. The van der Waals surface area contributed by atoms with Crippen LogP contribution in [0.2, 0.25) is 0 Å². The molecule has 2 aliphatic heterocycles. The second-order valence-corrected chi connectivity index (χ2v) is 5.41. The van der Waals surface area contributed by atoms with Gasteiger partial charge in [0, 0.05) is 31.9 Å². The molecule has 3 rings (SSSR count). The molecule has 0 aromatic carbocycles. The van der Waals surface area contributed by atoms with Crippen LogP contribution in [0.15, 0.2) is 6.20 Å². The highest BCUT2D eigenvalue weighted by molar-refractivity contribution is 5.92. The summed E-state index contributed by atoms with van der Waals surface area (Å²) in [4.78, 5) is 18.7. The number of likely N-dealkylation sites (N-methyl/N-ethyl adjacent to an activating group) is 1. The molecule has 1 aromatic heterocycles. The van der Waals surface area contributed by atoms with Crippen molar-refractivity contribution in [1.29, 1.82) is 0 Å². The van der Waals surface area contributed by atoms with Gasteiger partial charge in [-0.2, -0.15) is 0 Å². The highest BCUT2D eigenvalue weighted by atomic mass is 16.1. The lowest BCUT2D eigenvalue weighted by molar-refractivity contribution is 0.0939. The monoisotopic (exact) mass is 263 g/mol. The summed E-state index contributed by atoms with van der Waals surface area (Å²) >= 11 is 0. The summed E-state index contributed by atoms with van der Waals surface area (Å²) in [5.41, 5.74) is 0.519. The van der Waals surface area contributed by atoms with Gasteiger partial charge in [-0.25, -0.2) is 4.98 Å². The standard InChI is InChI=1S/C13H21N5O/c1-17-6-2-4-10(17)8-15-12(19)11-9-18-7-3-5-14-13(18)16-11/h9-10H,2-8H2,1H3,(H,14,16)(H,15,19). The number of carbonyl (C=O) groups is 1. The Morgan fingerprint density at radius 3 is 3.16 bits per heavy atom. The second-order valence-electron chi connectivity index (χ2n) is 5.41. The van der Waals surface area contributed by atoms with Gasteiger partial charge in [0.25, 0.3) is 5.91 Å². The number of rotatable bonds is 3. The maximum Gasteiger partial charge on any atom is 0.271 e. The molecule has 1 atom stereocenters. The molecule has 104 valence electrons. The van der Waals surface area contributed by atoms with Gasteiger partial charge in [0.05, 0.1) is 0 Å². The van der Waals surface area contributed by atoms with Crippen molar-refractivity contribution in [2.75, 3.05) is 32.0 Å². The lowest BCUT2D eigenvalue weighted by Gasteiger charge is -2.19. The summed E-state index contributed by atoms with van der Waals surface area (Å²) in [5, 5.41) is 6.20. The van der Waals surface area contributed by atoms with E-state index in [2.05, 4.69) is 27.6 Å². The molecule has 3 heterocycles. The van der Waals surface area contributed by atoms with Gasteiger partial charge in [0.1, 0.15) is 5.69 Å². The van der Waals surface area contributed by atoms with Crippen LogP contribution in [-0.4, -0.2) is 53.1 Å². The fourth-order valence-corrected chi connectivity index (χ4v) is 2.82. The number of likely N-dealkylation sites (tertiary alicyclic amines) is 1. The molecule has 0 aliphatic carbocycles.